The number of fused-ring (bicyclic) bond motifs is 2. The first-order valence-corrected chi connectivity index (χ1v) is 13.5. The molecule has 44 heavy (non-hydrogen) atoms. The van der Waals surface area contributed by atoms with Gasteiger partial charge in [-0.1, -0.05) is 24.3 Å². The lowest BCUT2D eigenvalue weighted by atomic mass is 9.85. The number of allylic oxidation sites excluding steroid dienone is 2. The molecule has 1 fully saturated rings. The van der Waals surface area contributed by atoms with Crippen LogP contribution in [-0.2, 0) is 23.9 Å². The van der Waals surface area contributed by atoms with Crippen LogP contribution in [0.2, 0.25) is 0 Å². The second-order valence-electron chi connectivity index (χ2n) is 9.58. The normalized spacial score (nSPS) is 19.9. The largest absolute Gasteiger partial charge is 0.497 e. The number of carboxylic acids is 1. The SMILES string of the molecule is C#C.CC(=O)N(C)C(=O)C1CC2(CNC(=O)CCC(=O)O)C=CC1O2.COc1ccc(N=NC/C=C\C=C(\N)CNN)cc1. The maximum Gasteiger partial charge on any atom is 0.303 e. The van der Waals surface area contributed by atoms with Crippen molar-refractivity contribution in [2.45, 2.75) is 37.9 Å². The summed E-state index contributed by atoms with van der Waals surface area (Å²) in [6.45, 7) is 2.44. The Kier molecular flexibility index (Phi) is 16.4. The third kappa shape index (κ3) is 12.6. The Labute approximate surface area is 257 Å². The van der Waals surface area contributed by atoms with Crippen LogP contribution in [0.4, 0.5) is 5.69 Å². The molecular weight excluding hydrogens is 570 g/mol. The summed E-state index contributed by atoms with van der Waals surface area (Å²) in [5, 5.41) is 19.3. The number of azo groups is 1. The molecule has 0 saturated carbocycles. The van der Waals surface area contributed by atoms with Gasteiger partial charge in [-0.05, 0) is 36.8 Å². The molecule has 3 atom stereocenters. The molecule has 0 aromatic heterocycles. The number of rotatable bonds is 13. The van der Waals surface area contributed by atoms with E-state index in [1.165, 1.54) is 14.0 Å². The number of carbonyl (C=O) groups excluding carboxylic acids is 3. The molecule has 3 unspecified atom stereocenters. The monoisotopic (exact) mass is 611 g/mol. The number of benzene rings is 1. The van der Waals surface area contributed by atoms with Crippen LogP contribution in [-0.4, -0.2) is 79.2 Å². The zero-order chi connectivity index (χ0) is 33.1. The van der Waals surface area contributed by atoms with Gasteiger partial charge in [0.1, 0.15) is 11.4 Å². The van der Waals surface area contributed by atoms with Crippen molar-refractivity contribution in [1.29, 1.82) is 0 Å². The summed E-state index contributed by atoms with van der Waals surface area (Å²) in [4.78, 5) is 46.7. The Morgan fingerprint density at radius 1 is 1.23 bits per heavy atom. The fraction of sp³-hybridized carbons (Fsp3) is 0.400. The van der Waals surface area contributed by atoms with Crippen LogP contribution in [0.15, 0.2) is 70.6 Å². The minimum Gasteiger partial charge on any atom is -0.497 e. The zero-order valence-electron chi connectivity index (χ0n) is 25.1. The second kappa shape index (κ2) is 19.4. The molecule has 0 spiro atoms. The molecule has 2 bridgehead atoms. The number of amides is 3. The number of carboxylic acid groups (broad SMARTS) is 1. The summed E-state index contributed by atoms with van der Waals surface area (Å²) < 4.78 is 10.9. The minimum atomic E-state index is -1.03. The van der Waals surface area contributed by atoms with Gasteiger partial charge in [0.25, 0.3) is 0 Å². The van der Waals surface area contributed by atoms with E-state index >= 15 is 0 Å². The smallest absolute Gasteiger partial charge is 0.303 e. The predicted molar refractivity (Wildman–Crippen MR) is 164 cm³/mol. The number of nitrogens with one attached hydrogen (secondary N) is 2. The van der Waals surface area contributed by atoms with Crippen LogP contribution in [0.25, 0.3) is 0 Å². The van der Waals surface area contributed by atoms with Gasteiger partial charge in [-0.25, -0.2) is 0 Å². The number of methoxy groups -OCH3 is 1. The van der Waals surface area contributed by atoms with Crippen LogP contribution in [0.5, 0.6) is 5.75 Å². The third-order valence-electron chi connectivity index (χ3n) is 6.39. The van der Waals surface area contributed by atoms with Crippen molar-refractivity contribution in [3.63, 3.8) is 0 Å². The molecule has 1 saturated heterocycles. The van der Waals surface area contributed by atoms with Crippen LogP contribution < -0.4 is 27.1 Å². The van der Waals surface area contributed by atoms with E-state index in [0.717, 1.165) is 16.3 Å². The zero-order valence-corrected chi connectivity index (χ0v) is 25.1. The predicted octanol–water partition coefficient (Wildman–Crippen LogP) is 1.58. The average Bonchev–Trinajstić information content (AvgIpc) is 3.61. The van der Waals surface area contributed by atoms with Crippen LogP contribution >= 0.6 is 0 Å². The first-order chi connectivity index (χ1) is 21.0. The van der Waals surface area contributed by atoms with E-state index in [-0.39, 0.29) is 37.1 Å². The number of ether oxygens (including phenoxy) is 2. The molecule has 14 heteroatoms. The molecule has 2 aliphatic heterocycles. The number of carbonyl (C=O) groups is 4. The van der Waals surface area contributed by atoms with Crippen molar-refractivity contribution < 1.29 is 33.8 Å². The lowest BCUT2D eigenvalue weighted by Crippen LogP contribution is -2.42. The van der Waals surface area contributed by atoms with Crippen molar-refractivity contribution in [2.24, 2.45) is 27.7 Å². The number of hydrogen-bond donors (Lipinski definition) is 5. The van der Waals surface area contributed by atoms with Gasteiger partial charge in [0.15, 0.2) is 0 Å². The van der Waals surface area contributed by atoms with Gasteiger partial charge >= 0.3 is 5.97 Å². The highest BCUT2D eigenvalue weighted by molar-refractivity contribution is 5.95. The Hall–Kier alpha value is -4.84. The fourth-order valence-electron chi connectivity index (χ4n) is 4.05. The van der Waals surface area contributed by atoms with E-state index in [1.54, 1.807) is 19.3 Å². The standard InChI is InChI=1S/C15H20N2O6.C13H19N5O.C2H2/c1-9(18)17(2)14(22)10-7-15(6-5-11(10)23-15)8-16-12(19)3-4-13(20)21;1-19-13-7-5-12(6-8-13)18-17-9-3-2-4-11(14)10-16-15;1-2/h5-6,10-11H,3-4,7-8H2,1-2H3,(H,16,19)(H,20,21);2-8,16H,9-10,14-15H2,1H3;1-2H/b;3-2-,11-4+,18-17?;. The molecule has 1 aromatic rings. The maximum atomic E-state index is 12.3. The molecule has 0 radical (unpaired) electrons. The number of hydrazine groups is 1. The van der Waals surface area contributed by atoms with Crippen LogP contribution in [0.1, 0.15) is 26.2 Å². The molecular formula is C30H41N7O7. The summed E-state index contributed by atoms with van der Waals surface area (Å²) in [5.74, 6) is 3.43. The first kappa shape index (κ1) is 37.2. The number of nitrogens with two attached hydrogens (primary N) is 2. The molecule has 3 amide bonds. The molecule has 0 aliphatic carbocycles. The summed E-state index contributed by atoms with van der Waals surface area (Å²) in [6.07, 6.45) is 16.7. The molecule has 3 rings (SSSR count). The topological polar surface area (TPSA) is 211 Å². The Morgan fingerprint density at radius 3 is 2.50 bits per heavy atom. The van der Waals surface area contributed by atoms with Crippen molar-refractivity contribution in [1.82, 2.24) is 15.6 Å². The van der Waals surface area contributed by atoms with Gasteiger partial charge < -0.3 is 25.6 Å². The van der Waals surface area contributed by atoms with Gasteiger partial charge in [-0.3, -0.25) is 35.3 Å². The third-order valence-corrected chi connectivity index (χ3v) is 6.39. The van der Waals surface area contributed by atoms with Crippen molar-refractivity contribution in [2.75, 3.05) is 33.8 Å². The molecule has 2 aliphatic rings. The van der Waals surface area contributed by atoms with E-state index in [2.05, 4.69) is 33.8 Å². The molecule has 14 nitrogen and oxygen atoms in total. The minimum absolute atomic E-state index is 0.103. The highest BCUT2D eigenvalue weighted by atomic mass is 16.5. The summed E-state index contributed by atoms with van der Waals surface area (Å²) in [6, 6.07) is 7.37. The van der Waals surface area contributed by atoms with Crippen molar-refractivity contribution >= 4 is 29.4 Å². The van der Waals surface area contributed by atoms with Gasteiger partial charge in [0.2, 0.25) is 17.7 Å². The fourth-order valence-corrected chi connectivity index (χ4v) is 4.05. The van der Waals surface area contributed by atoms with Gasteiger partial charge in [0.05, 0.1) is 44.3 Å². The highest BCUT2D eigenvalue weighted by Gasteiger charge is 2.51. The molecule has 7 N–H and O–H groups in total. The van der Waals surface area contributed by atoms with E-state index in [4.69, 9.17) is 26.2 Å². The Morgan fingerprint density at radius 2 is 1.91 bits per heavy atom. The number of aliphatic carboxylic acids is 1. The number of nitrogens with zero attached hydrogens (tertiary/aromatic N) is 3. The van der Waals surface area contributed by atoms with Crippen LogP contribution in [0.3, 0.4) is 0 Å². The molecule has 2 heterocycles. The van der Waals surface area contributed by atoms with Crippen molar-refractivity contribution in [3.8, 4) is 18.6 Å². The average molecular weight is 612 g/mol. The van der Waals surface area contributed by atoms with Crippen molar-refractivity contribution in [3.05, 3.63) is 60.3 Å². The lowest BCUT2D eigenvalue weighted by Gasteiger charge is -2.25. The summed E-state index contributed by atoms with van der Waals surface area (Å²) in [7, 11) is 3.06. The second-order valence-corrected chi connectivity index (χ2v) is 9.58. The number of terminal acetylenes is 1. The van der Waals surface area contributed by atoms with Gasteiger partial charge in [-0.2, -0.15) is 10.2 Å². The Bertz CT molecular complexity index is 1260. The summed E-state index contributed by atoms with van der Waals surface area (Å²) in [5.41, 5.74) is 8.77. The summed E-state index contributed by atoms with van der Waals surface area (Å²) >= 11 is 0. The van der Waals surface area contributed by atoms with Gasteiger partial charge in [-0.15, -0.1) is 12.8 Å². The van der Waals surface area contributed by atoms with Gasteiger partial charge in [0, 0.05) is 32.6 Å². The van der Waals surface area contributed by atoms with E-state index in [0.29, 0.717) is 25.2 Å². The first-order valence-electron chi connectivity index (χ1n) is 13.5. The lowest BCUT2D eigenvalue weighted by molar-refractivity contribution is -0.145. The van der Waals surface area contributed by atoms with E-state index in [1.807, 2.05) is 42.5 Å². The maximum absolute atomic E-state index is 12.3. The Balaban J connectivity index is 0.000000424. The highest BCUT2D eigenvalue weighted by Crippen LogP contribution is 2.42. The van der Waals surface area contributed by atoms with E-state index in [9.17, 15) is 19.2 Å². The quantitative estimate of drug-likeness (QED) is 0.0543. The number of hydrogen-bond acceptors (Lipinski definition) is 11. The molecule has 1 aromatic carbocycles. The number of imide groups is 1. The molecule has 238 valence electrons. The van der Waals surface area contributed by atoms with Crippen LogP contribution in [0, 0.1) is 18.8 Å². The van der Waals surface area contributed by atoms with E-state index < -0.39 is 23.6 Å².